The number of piperidine rings is 1. The Bertz CT molecular complexity index is 634. The van der Waals surface area contributed by atoms with E-state index in [9.17, 15) is 18.0 Å². The van der Waals surface area contributed by atoms with Crippen LogP contribution < -0.4 is 5.32 Å². The molecule has 138 valence electrons. The number of nitrogens with one attached hydrogen (secondary N) is 1. The van der Waals surface area contributed by atoms with Crippen molar-refractivity contribution in [2.24, 2.45) is 11.3 Å². The molecule has 9 heteroatoms. The second-order valence-electron chi connectivity index (χ2n) is 6.78. The van der Waals surface area contributed by atoms with E-state index in [0.29, 0.717) is 24.4 Å². The number of ether oxygens (including phenoxy) is 1. The van der Waals surface area contributed by atoms with Crippen LogP contribution in [0.1, 0.15) is 31.4 Å². The van der Waals surface area contributed by atoms with E-state index in [1.807, 2.05) is 0 Å². The molecule has 1 aliphatic carbocycles. The summed E-state index contributed by atoms with van der Waals surface area (Å²) in [5.41, 5.74) is -0.209. The molecule has 0 radical (unpaired) electrons. The lowest BCUT2D eigenvalue weighted by atomic mass is 9.58. The van der Waals surface area contributed by atoms with E-state index in [0.717, 1.165) is 6.42 Å². The molecule has 2 aliphatic rings. The van der Waals surface area contributed by atoms with Crippen molar-refractivity contribution >= 4 is 11.8 Å². The van der Waals surface area contributed by atoms with Crippen LogP contribution in [0, 0.1) is 11.3 Å². The van der Waals surface area contributed by atoms with Crippen molar-refractivity contribution in [1.82, 2.24) is 14.9 Å². The Morgan fingerprint density at radius 3 is 2.80 bits per heavy atom. The molecule has 2 amide bonds. The SMILES string of the molecule is COCc1cc(NC(=O)N2CCC(C(F)(F)F)C3(CCC3)C2)ncn1. The minimum absolute atomic E-state index is 0.0460. The van der Waals surface area contributed by atoms with Gasteiger partial charge in [-0.25, -0.2) is 14.8 Å². The van der Waals surface area contributed by atoms with Gasteiger partial charge in [0, 0.05) is 26.3 Å². The normalized spacial score (nSPS) is 22.6. The largest absolute Gasteiger partial charge is 0.392 e. The minimum atomic E-state index is -4.20. The van der Waals surface area contributed by atoms with E-state index in [-0.39, 0.29) is 26.1 Å². The van der Waals surface area contributed by atoms with E-state index in [4.69, 9.17) is 4.74 Å². The molecular weight excluding hydrogens is 337 g/mol. The number of rotatable bonds is 3. The number of urea groups is 1. The first-order chi connectivity index (χ1) is 11.8. The first-order valence-electron chi connectivity index (χ1n) is 8.26. The summed E-state index contributed by atoms with van der Waals surface area (Å²) in [7, 11) is 1.53. The Hall–Kier alpha value is -1.90. The molecule has 1 aromatic heterocycles. The van der Waals surface area contributed by atoms with Gasteiger partial charge in [0.1, 0.15) is 12.1 Å². The maximum atomic E-state index is 13.3. The molecule has 2 fully saturated rings. The van der Waals surface area contributed by atoms with E-state index in [1.165, 1.54) is 18.3 Å². The van der Waals surface area contributed by atoms with Gasteiger partial charge >= 0.3 is 12.2 Å². The van der Waals surface area contributed by atoms with Crippen LogP contribution in [0.5, 0.6) is 0 Å². The number of hydrogen-bond acceptors (Lipinski definition) is 4. The third kappa shape index (κ3) is 3.70. The summed E-state index contributed by atoms with van der Waals surface area (Å²) >= 11 is 0. The Morgan fingerprint density at radius 1 is 1.44 bits per heavy atom. The number of alkyl halides is 3. The molecule has 0 bridgehead atoms. The van der Waals surface area contributed by atoms with Gasteiger partial charge in [0.05, 0.1) is 18.2 Å². The fraction of sp³-hybridized carbons (Fsp3) is 0.688. The number of likely N-dealkylation sites (tertiary alicyclic amines) is 1. The lowest BCUT2D eigenvalue weighted by Crippen LogP contribution is -2.58. The molecule has 3 rings (SSSR count). The van der Waals surface area contributed by atoms with Crippen LogP contribution in [0.25, 0.3) is 0 Å². The highest BCUT2D eigenvalue weighted by atomic mass is 19.4. The summed E-state index contributed by atoms with van der Waals surface area (Å²) in [6, 6.07) is 1.16. The molecule has 1 atom stereocenters. The number of anilines is 1. The Labute approximate surface area is 143 Å². The van der Waals surface area contributed by atoms with Crippen LogP contribution in [0.15, 0.2) is 12.4 Å². The van der Waals surface area contributed by atoms with E-state index in [2.05, 4.69) is 15.3 Å². The van der Waals surface area contributed by atoms with Crippen LogP contribution in [-0.4, -0.2) is 47.3 Å². The van der Waals surface area contributed by atoms with Crippen LogP contribution in [0.3, 0.4) is 0 Å². The highest BCUT2D eigenvalue weighted by molar-refractivity contribution is 5.88. The summed E-state index contributed by atoms with van der Waals surface area (Å²) in [6.07, 6.45) is -1.11. The van der Waals surface area contributed by atoms with Crippen molar-refractivity contribution < 1.29 is 22.7 Å². The lowest BCUT2D eigenvalue weighted by Gasteiger charge is -2.53. The van der Waals surface area contributed by atoms with Crippen molar-refractivity contribution in [3.63, 3.8) is 0 Å². The number of carbonyl (C=O) groups is 1. The molecule has 1 saturated carbocycles. The van der Waals surface area contributed by atoms with Gasteiger partial charge in [-0.2, -0.15) is 13.2 Å². The molecule has 2 heterocycles. The standard InChI is InChI=1S/C16H21F3N4O2/c1-25-8-11-7-13(21-10-20-11)22-14(24)23-6-3-12(16(17,18)19)15(9-23)4-2-5-15/h7,10,12H,2-6,8-9H2,1H3,(H,20,21,22,24). The van der Waals surface area contributed by atoms with Gasteiger partial charge in [0.15, 0.2) is 0 Å². The highest BCUT2D eigenvalue weighted by Crippen LogP contribution is 2.56. The van der Waals surface area contributed by atoms with Crippen molar-refractivity contribution in [3.8, 4) is 0 Å². The average molecular weight is 358 g/mol. The molecule has 1 N–H and O–H groups in total. The molecule has 1 aliphatic heterocycles. The molecule has 1 aromatic rings. The van der Waals surface area contributed by atoms with Crippen molar-refractivity contribution in [2.75, 3.05) is 25.5 Å². The van der Waals surface area contributed by atoms with Gasteiger partial charge < -0.3 is 9.64 Å². The van der Waals surface area contributed by atoms with E-state index >= 15 is 0 Å². The fourth-order valence-electron chi connectivity index (χ4n) is 3.86. The quantitative estimate of drug-likeness (QED) is 0.901. The summed E-state index contributed by atoms with van der Waals surface area (Å²) in [5, 5.41) is 2.65. The van der Waals surface area contributed by atoms with Gasteiger partial charge in [-0.1, -0.05) is 6.42 Å². The van der Waals surface area contributed by atoms with Gasteiger partial charge in [-0.3, -0.25) is 5.32 Å². The zero-order chi connectivity index (χ0) is 18.1. The summed E-state index contributed by atoms with van der Waals surface area (Å²) in [5.74, 6) is -1.00. The smallest absolute Gasteiger partial charge is 0.378 e. The van der Waals surface area contributed by atoms with E-state index < -0.39 is 23.5 Å². The Kier molecular flexibility index (Phi) is 4.86. The van der Waals surface area contributed by atoms with E-state index in [1.54, 1.807) is 6.07 Å². The minimum Gasteiger partial charge on any atom is -0.378 e. The third-order valence-corrected chi connectivity index (χ3v) is 5.22. The van der Waals surface area contributed by atoms with Crippen LogP contribution >= 0.6 is 0 Å². The summed E-state index contributed by atoms with van der Waals surface area (Å²) < 4.78 is 44.9. The van der Waals surface area contributed by atoms with Crippen molar-refractivity contribution in [3.05, 3.63) is 18.1 Å². The number of hydrogen-bond donors (Lipinski definition) is 1. The maximum Gasteiger partial charge on any atom is 0.392 e. The van der Waals surface area contributed by atoms with Crippen molar-refractivity contribution in [2.45, 2.75) is 38.5 Å². The lowest BCUT2D eigenvalue weighted by molar-refractivity contribution is -0.234. The molecule has 25 heavy (non-hydrogen) atoms. The summed E-state index contributed by atoms with van der Waals surface area (Å²) in [6.45, 7) is 0.512. The van der Waals surface area contributed by atoms with Gasteiger partial charge in [0.2, 0.25) is 0 Å². The number of amides is 2. The Morgan fingerprint density at radius 2 is 2.20 bits per heavy atom. The number of methoxy groups -OCH3 is 1. The predicted molar refractivity (Wildman–Crippen MR) is 83.8 cm³/mol. The zero-order valence-electron chi connectivity index (χ0n) is 14.0. The van der Waals surface area contributed by atoms with Crippen LogP contribution in [0.2, 0.25) is 0 Å². The molecule has 1 saturated heterocycles. The average Bonchev–Trinajstić information content (AvgIpc) is 2.52. The van der Waals surface area contributed by atoms with Crippen LogP contribution in [-0.2, 0) is 11.3 Å². The molecule has 1 spiro atoms. The van der Waals surface area contributed by atoms with Gasteiger partial charge in [0.25, 0.3) is 0 Å². The molecular formula is C16H21F3N4O2. The number of aromatic nitrogens is 2. The van der Waals surface area contributed by atoms with Gasteiger partial charge in [-0.05, 0) is 24.7 Å². The molecule has 0 aromatic carbocycles. The second kappa shape index (κ2) is 6.78. The predicted octanol–water partition coefficient (Wildman–Crippen LogP) is 3.21. The monoisotopic (exact) mass is 358 g/mol. The third-order valence-electron chi connectivity index (χ3n) is 5.22. The van der Waals surface area contributed by atoms with Crippen molar-refractivity contribution in [1.29, 1.82) is 0 Å². The Balaban J connectivity index is 1.67. The topological polar surface area (TPSA) is 67.3 Å². The second-order valence-corrected chi connectivity index (χ2v) is 6.78. The van der Waals surface area contributed by atoms with Gasteiger partial charge in [-0.15, -0.1) is 0 Å². The zero-order valence-corrected chi connectivity index (χ0v) is 14.0. The number of halogens is 3. The molecule has 6 nitrogen and oxygen atoms in total. The highest BCUT2D eigenvalue weighted by Gasteiger charge is 2.58. The first kappa shape index (κ1) is 17.9. The first-order valence-corrected chi connectivity index (χ1v) is 8.26. The summed E-state index contributed by atoms with van der Waals surface area (Å²) in [4.78, 5) is 21.9. The molecule has 1 unspecified atom stereocenters. The number of nitrogens with zero attached hydrogens (tertiary/aromatic N) is 3. The fourth-order valence-corrected chi connectivity index (χ4v) is 3.86. The van der Waals surface area contributed by atoms with Crippen LogP contribution in [0.4, 0.5) is 23.8 Å². The maximum absolute atomic E-state index is 13.3. The number of carbonyl (C=O) groups excluding carboxylic acids is 1.